The van der Waals surface area contributed by atoms with E-state index in [1.165, 1.54) is 10.6 Å². The third-order valence-electron chi connectivity index (χ3n) is 2.82. The van der Waals surface area contributed by atoms with Gasteiger partial charge in [0.2, 0.25) is 0 Å². The summed E-state index contributed by atoms with van der Waals surface area (Å²) in [6.45, 7) is 0. The van der Waals surface area contributed by atoms with Crippen molar-refractivity contribution in [1.29, 1.82) is 0 Å². The number of carboxylic acids is 1. The second-order valence-corrected chi connectivity index (χ2v) is 3.96. The van der Waals surface area contributed by atoms with Crippen molar-refractivity contribution in [3.05, 3.63) is 58.6 Å². The molecular weight excluding hydrogens is 246 g/mol. The van der Waals surface area contributed by atoms with Crippen LogP contribution in [0.15, 0.2) is 47.4 Å². The van der Waals surface area contributed by atoms with Gasteiger partial charge in [-0.25, -0.2) is 19.1 Å². The second-order valence-electron chi connectivity index (χ2n) is 3.96. The summed E-state index contributed by atoms with van der Waals surface area (Å²) in [5.74, 6) is -1.09. The van der Waals surface area contributed by atoms with Crippen LogP contribution in [-0.2, 0) is 0 Å². The van der Waals surface area contributed by atoms with Crippen LogP contribution in [0.4, 0.5) is 0 Å². The first-order valence-electron chi connectivity index (χ1n) is 5.57. The summed E-state index contributed by atoms with van der Waals surface area (Å²) in [5.41, 5.74) is 0.900. The zero-order valence-electron chi connectivity index (χ0n) is 9.70. The Labute approximate surface area is 107 Å². The molecule has 0 aliphatic rings. The van der Waals surface area contributed by atoms with Gasteiger partial charge in [-0.05, 0) is 24.3 Å². The maximum Gasteiger partial charge on any atom is 0.337 e. The van der Waals surface area contributed by atoms with Crippen molar-refractivity contribution in [3.63, 3.8) is 0 Å². The zero-order valence-corrected chi connectivity index (χ0v) is 9.70. The first kappa shape index (κ1) is 11.2. The van der Waals surface area contributed by atoms with Crippen molar-refractivity contribution in [2.45, 2.75) is 0 Å². The van der Waals surface area contributed by atoms with Crippen molar-refractivity contribution in [2.24, 2.45) is 0 Å². The first-order chi connectivity index (χ1) is 9.18. The van der Waals surface area contributed by atoms with Crippen LogP contribution in [0.1, 0.15) is 10.4 Å². The third-order valence-corrected chi connectivity index (χ3v) is 2.82. The SMILES string of the molecule is O=C(O)c1ccccc1-n1c(=O)[nH]c2cccnc21. The number of para-hydroxylation sites is 1. The number of H-pyrrole nitrogens is 1. The van der Waals surface area contributed by atoms with E-state index in [-0.39, 0.29) is 5.56 Å². The molecule has 6 heteroatoms. The van der Waals surface area contributed by atoms with Crippen LogP contribution in [0, 0.1) is 0 Å². The third kappa shape index (κ3) is 1.70. The number of hydrogen-bond acceptors (Lipinski definition) is 3. The monoisotopic (exact) mass is 255 g/mol. The van der Waals surface area contributed by atoms with Gasteiger partial charge in [-0.2, -0.15) is 0 Å². The summed E-state index contributed by atoms with van der Waals surface area (Å²) in [6, 6.07) is 9.73. The Morgan fingerprint density at radius 1 is 1.21 bits per heavy atom. The van der Waals surface area contributed by atoms with E-state index in [1.54, 1.807) is 36.5 Å². The topological polar surface area (TPSA) is 88.0 Å². The average Bonchev–Trinajstić information content (AvgIpc) is 2.74. The maximum absolute atomic E-state index is 12.0. The Hall–Kier alpha value is -2.89. The highest BCUT2D eigenvalue weighted by Gasteiger charge is 2.15. The van der Waals surface area contributed by atoms with Gasteiger partial charge in [-0.1, -0.05) is 12.1 Å². The van der Waals surface area contributed by atoms with Gasteiger partial charge >= 0.3 is 11.7 Å². The van der Waals surface area contributed by atoms with Crippen LogP contribution in [0.3, 0.4) is 0 Å². The molecule has 3 aromatic rings. The minimum Gasteiger partial charge on any atom is -0.478 e. The van der Waals surface area contributed by atoms with E-state index in [0.29, 0.717) is 16.9 Å². The molecule has 2 heterocycles. The molecule has 2 N–H and O–H groups in total. The number of nitrogens with one attached hydrogen (secondary N) is 1. The van der Waals surface area contributed by atoms with E-state index in [9.17, 15) is 14.7 Å². The van der Waals surface area contributed by atoms with E-state index in [2.05, 4.69) is 9.97 Å². The van der Waals surface area contributed by atoms with Crippen LogP contribution in [-0.4, -0.2) is 25.6 Å². The quantitative estimate of drug-likeness (QED) is 0.724. The summed E-state index contributed by atoms with van der Waals surface area (Å²) in [4.78, 5) is 30.0. The van der Waals surface area contributed by atoms with E-state index in [1.807, 2.05) is 0 Å². The number of aromatic amines is 1. The number of rotatable bonds is 2. The van der Waals surface area contributed by atoms with E-state index < -0.39 is 11.7 Å². The lowest BCUT2D eigenvalue weighted by Gasteiger charge is -2.06. The zero-order chi connectivity index (χ0) is 13.4. The molecule has 2 aromatic heterocycles. The highest BCUT2D eigenvalue weighted by atomic mass is 16.4. The Bertz CT molecular complexity index is 832. The Balaban J connectivity index is 2.40. The van der Waals surface area contributed by atoms with Crippen molar-refractivity contribution in [3.8, 4) is 5.69 Å². The summed E-state index contributed by atoms with van der Waals surface area (Å²) in [6.07, 6.45) is 1.55. The van der Waals surface area contributed by atoms with Gasteiger partial charge in [0.05, 0.1) is 16.8 Å². The number of carbonyl (C=O) groups is 1. The Morgan fingerprint density at radius 2 is 2.00 bits per heavy atom. The minimum atomic E-state index is -1.09. The summed E-state index contributed by atoms with van der Waals surface area (Å²) >= 11 is 0. The van der Waals surface area contributed by atoms with Gasteiger partial charge in [0.1, 0.15) is 0 Å². The van der Waals surface area contributed by atoms with Crippen molar-refractivity contribution in [2.75, 3.05) is 0 Å². The number of hydrogen-bond donors (Lipinski definition) is 2. The average molecular weight is 255 g/mol. The molecule has 6 nitrogen and oxygen atoms in total. The Morgan fingerprint density at radius 3 is 2.79 bits per heavy atom. The van der Waals surface area contributed by atoms with Gasteiger partial charge < -0.3 is 10.1 Å². The first-order valence-corrected chi connectivity index (χ1v) is 5.57. The largest absolute Gasteiger partial charge is 0.478 e. The Kier molecular flexibility index (Phi) is 2.42. The number of pyridine rings is 1. The van der Waals surface area contributed by atoms with E-state index in [0.717, 1.165) is 0 Å². The number of carboxylic acid groups (broad SMARTS) is 1. The molecule has 0 spiro atoms. The number of fused-ring (bicyclic) bond motifs is 1. The molecule has 0 aliphatic heterocycles. The van der Waals surface area contributed by atoms with Gasteiger partial charge in [0.15, 0.2) is 5.65 Å². The standard InChI is InChI=1S/C13H9N3O3/c17-12(18)8-4-1-2-6-10(8)16-11-9(15-13(16)19)5-3-7-14-11/h1-7H,(H,15,19)(H,17,18). The molecule has 19 heavy (non-hydrogen) atoms. The summed E-state index contributed by atoms with van der Waals surface area (Å²) in [7, 11) is 0. The lowest BCUT2D eigenvalue weighted by atomic mass is 10.2. The van der Waals surface area contributed by atoms with Gasteiger partial charge in [0.25, 0.3) is 0 Å². The number of nitrogens with zero attached hydrogens (tertiary/aromatic N) is 2. The van der Waals surface area contributed by atoms with Crippen LogP contribution in [0.2, 0.25) is 0 Å². The molecule has 0 fully saturated rings. The number of aromatic nitrogens is 3. The molecular formula is C13H9N3O3. The molecule has 0 aliphatic carbocycles. The predicted molar refractivity (Wildman–Crippen MR) is 68.7 cm³/mol. The molecule has 0 saturated heterocycles. The molecule has 1 aromatic carbocycles. The van der Waals surface area contributed by atoms with Crippen LogP contribution < -0.4 is 5.69 Å². The molecule has 0 radical (unpaired) electrons. The fraction of sp³-hybridized carbons (Fsp3) is 0. The maximum atomic E-state index is 12.0. The molecule has 0 amide bonds. The lowest BCUT2D eigenvalue weighted by molar-refractivity contribution is 0.0697. The molecule has 3 rings (SSSR count). The van der Waals surface area contributed by atoms with Crippen molar-refractivity contribution >= 4 is 17.1 Å². The highest BCUT2D eigenvalue weighted by molar-refractivity contribution is 5.92. The fourth-order valence-corrected chi connectivity index (χ4v) is 2.01. The van der Waals surface area contributed by atoms with Gasteiger partial charge in [0, 0.05) is 6.20 Å². The number of aromatic carboxylic acids is 1. The van der Waals surface area contributed by atoms with Crippen LogP contribution in [0.25, 0.3) is 16.9 Å². The lowest BCUT2D eigenvalue weighted by Crippen LogP contribution is -2.17. The van der Waals surface area contributed by atoms with Crippen molar-refractivity contribution in [1.82, 2.24) is 14.5 Å². The number of imidazole rings is 1. The molecule has 0 bridgehead atoms. The molecule has 0 atom stereocenters. The summed E-state index contributed by atoms with van der Waals surface area (Å²) < 4.78 is 1.26. The van der Waals surface area contributed by atoms with Crippen LogP contribution in [0.5, 0.6) is 0 Å². The normalized spacial score (nSPS) is 10.7. The van der Waals surface area contributed by atoms with Gasteiger partial charge in [-0.3, -0.25) is 0 Å². The van der Waals surface area contributed by atoms with E-state index >= 15 is 0 Å². The minimum absolute atomic E-state index is 0.0520. The van der Waals surface area contributed by atoms with Crippen LogP contribution >= 0.6 is 0 Å². The van der Waals surface area contributed by atoms with Gasteiger partial charge in [-0.15, -0.1) is 0 Å². The van der Waals surface area contributed by atoms with E-state index in [4.69, 9.17) is 0 Å². The molecule has 0 unspecified atom stereocenters. The predicted octanol–water partition coefficient (Wildman–Crippen LogP) is 1.41. The number of benzene rings is 1. The molecule has 0 saturated carbocycles. The highest BCUT2D eigenvalue weighted by Crippen LogP contribution is 2.17. The smallest absolute Gasteiger partial charge is 0.337 e. The summed E-state index contributed by atoms with van der Waals surface area (Å²) in [5, 5.41) is 9.18. The molecule has 94 valence electrons. The van der Waals surface area contributed by atoms with Crippen molar-refractivity contribution < 1.29 is 9.90 Å². The second kappa shape index (κ2) is 4.09. The fourth-order valence-electron chi connectivity index (χ4n) is 2.01.